The summed E-state index contributed by atoms with van der Waals surface area (Å²) in [5.41, 5.74) is -2.53. The van der Waals surface area contributed by atoms with E-state index in [1.54, 1.807) is 36.4 Å². The van der Waals surface area contributed by atoms with Gasteiger partial charge in [0.15, 0.2) is 0 Å². The quantitative estimate of drug-likeness (QED) is 0.150. The van der Waals surface area contributed by atoms with E-state index in [2.05, 4.69) is 28.8 Å². The van der Waals surface area contributed by atoms with Crippen LogP contribution in [0.15, 0.2) is 72.8 Å². The lowest BCUT2D eigenvalue weighted by atomic mass is 10.0. The van der Waals surface area contributed by atoms with E-state index in [1.807, 2.05) is 30.0 Å². The minimum absolute atomic E-state index is 0.0566. The number of nitrogens with one attached hydrogen (secondary N) is 3. The molecular weight excluding hydrogens is 586 g/mol. The predicted octanol–water partition coefficient (Wildman–Crippen LogP) is 7.16. The van der Waals surface area contributed by atoms with Crippen molar-refractivity contribution in [2.24, 2.45) is 0 Å². The van der Waals surface area contributed by atoms with Crippen LogP contribution in [0.25, 0.3) is 0 Å². The molecule has 2 aromatic rings. The summed E-state index contributed by atoms with van der Waals surface area (Å²) < 4.78 is 79.5. The number of alkyl halides is 6. The van der Waals surface area contributed by atoms with E-state index in [0.717, 1.165) is 6.42 Å². The van der Waals surface area contributed by atoms with Gasteiger partial charge in [-0.05, 0) is 61.6 Å². The Balaban J connectivity index is 0.00000330. The number of para-hydroxylation sites is 1. The molecule has 12 heteroatoms. The Morgan fingerprint density at radius 1 is 0.932 bits per heavy atom. The van der Waals surface area contributed by atoms with Crippen LogP contribution < -0.4 is 16.0 Å². The maximum absolute atomic E-state index is 13.2. The Bertz CT molecular complexity index is 1250. The lowest BCUT2D eigenvalue weighted by Gasteiger charge is -2.36. The van der Waals surface area contributed by atoms with Crippen molar-refractivity contribution >= 4 is 17.6 Å². The second-order valence-electron chi connectivity index (χ2n) is 9.92. The molecule has 0 radical (unpaired) electrons. The molecule has 3 rings (SSSR count). The van der Waals surface area contributed by atoms with Gasteiger partial charge in [-0.25, -0.2) is 4.79 Å². The first-order chi connectivity index (χ1) is 20.9. The average molecular weight is 623 g/mol. The number of terminal acetylenes is 1. The first-order valence-corrected chi connectivity index (χ1v) is 13.9. The van der Waals surface area contributed by atoms with Crippen LogP contribution in [0.3, 0.4) is 0 Å². The van der Waals surface area contributed by atoms with Crippen molar-refractivity contribution in [3.63, 3.8) is 0 Å². The molecule has 1 aliphatic rings. The van der Waals surface area contributed by atoms with E-state index in [-0.39, 0.29) is 30.1 Å². The highest BCUT2D eigenvalue weighted by Gasteiger charge is 2.37. The van der Waals surface area contributed by atoms with E-state index in [9.17, 15) is 35.9 Å². The van der Waals surface area contributed by atoms with Crippen LogP contribution in [0.5, 0.6) is 0 Å². The zero-order chi connectivity index (χ0) is 32.8. The summed E-state index contributed by atoms with van der Waals surface area (Å²) in [7, 11) is 0. The molecule has 0 aromatic heterocycles. The van der Waals surface area contributed by atoms with Gasteiger partial charge in [0, 0.05) is 31.4 Å². The van der Waals surface area contributed by atoms with Crippen molar-refractivity contribution in [1.82, 2.24) is 15.5 Å². The van der Waals surface area contributed by atoms with Gasteiger partial charge in [0.1, 0.15) is 0 Å². The fourth-order valence-corrected chi connectivity index (χ4v) is 4.58. The second kappa shape index (κ2) is 17.2. The summed E-state index contributed by atoms with van der Waals surface area (Å²) in [4.78, 5) is 27.5. The third-order valence-electron chi connectivity index (χ3n) is 6.73. The smallest absolute Gasteiger partial charge is 0.351 e. The summed E-state index contributed by atoms with van der Waals surface area (Å²) in [6.45, 7) is 2.37. The van der Waals surface area contributed by atoms with Crippen LogP contribution >= 0.6 is 0 Å². The molecule has 3 N–H and O–H groups in total. The third kappa shape index (κ3) is 11.8. The standard InChI is InChI=1S/C30H34F6N4O2.C2H2/c1-2-3-4-5-9-12-26(40-15-13-25(14-16-40)39-28(42)38-24-10-7-6-8-11-24)27(41)37-20-21-17-22(29(31,32)33)19-23(18-21)30(34,35)36;1-2/h3-11,17-19,25-26H,2,12-16,20H2,1H3,(H,37,41)(H2,38,39,42);1-2H/b4-3-,9-5-;. The van der Waals surface area contributed by atoms with Crippen LogP contribution in [0.1, 0.15) is 49.3 Å². The zero-order valence-electron chi connectivity index (χ0n) is 24.2. The molecule has 1 aliphatic heterocycles. The largest absolute Gasteiger partial charge is 0.416 e. The van der Waals surface area contributed by atoms with Gasteiger partial charge in [0.2, 0.25) is 5.91 Å². The van der Waals surface area contributed by atoms with Gasteiger partial charge in [0.05, 0.1) is 17.2 Å². The van der Waals surface area contributed by atoms with Crippen molar-refractivity contribution in [3.8, 4) is 12.8 Å². The SMILES string of the molecule is C#C.CC/C=C\C=C/CC(C(=O)NCc1cc(C(F)(F)F)cc(C(F)(F)F)c1)N1CCC(NC(=O)Nc2ccccc2)CC1. The van der Waals surface area contributed by atoms with Crippen molar-refractivity contribution in [1.29, 1.82) is 0 Å². The van der Waals surface area contributed by atoms with Gasteiger partial charge in [-0.2, -0.15) is 26.3 Å². The molecule has 0 aliphatic carbocycles. The molecule has 1 atom stereocenters. The minimum Gasteiger partial charge on any atom is -0.351 e. The molecule has 6 nitrogen and oxygen atoms in total. The topological polar surface area (TPSA) is 73.5 Å². The van der Waals surface area contributed by atoms with Crippen LogP contribution in [0.2, 0.25) is 0 Å². The molecule has 1 saturated heterocycles. The maximum Gasteiger partial charge on any atom is 0.416 e. The Hall–Kier alpha value is -4.24. The van der Waals surface area contributed by atoms with Crippen LogP contribution in [-0.4, -0.2) is 42.0 Å². The number of rotatable bonds is 10. The van der Waals surface area contributed by atoms with Gasteiger partial charge in [-0.1, -0.05) is 49.4 Å². The number of carbonyl (C=O) groups is 2. The highest BCUT2D eigenvalue weighted by molar-refractivity contribution is 5.89. The Kier molecular flexibility index (Phi) is 14.0. The number of benzene rings is 2. The summed E-state index contributed by atoms with van der Waals surface area (Å²) in [5, 5.41) is 8.21. The second-order valence-corrected chi connectivity index (χ2v) is 9.92. The summed E-state index contributed by atoms with van der Waals surface area (Å²) in [5.74, 6) is -0.515. The van der Waals surface area contributed by atoms with E-state index < -0.39 is 42.0 Å². The molecule has 0 spiro atoms. The number of likely N-dealkylation sites (tertiary alicyclic amines) is 1. The summed E-state index contributed by atoms with van der Waals surface area (Å²) >= 11 is 0. The molecular formula is C32H36F6N4O2. The van der Waals surface area contributed by atoms with E-state index >= 15 is 0 Å². The Labute approximate surface area is 253 Å². The molecule has 1 fully saturated rings. The predicted molar refractivity (Wildman–Crippen MR) is 158 cm³/mol. The molecule has 238 valence electrons. The normalized spacial score (nSPS) is 15.4. The van der Waals surface area contributed by atoms with Crippen LogP contribution in [-0.2, 0) is 23.7 Å². The van der Waals surface area contributed by atoms with Gasteiger partial charge < -0.3 is 16.0 Å². The molecule has 44 heavy (non-hydrogen) atoms. The molecule has 0 bridgehead atoms. The first-order valence-electron chi connectivity index (χ1n) is 13.9. The number of urea groups is 1. The number of piperidine rings is 1. The monoisotopic (exact) mass is 622 g/mol. The summed E-state index contributed by atoms with van der Waals surface area (Å²) in [6.07, 6.45) is 7.58. The van der Waals surface area contributed by atoms with Crippen LogP contribution in [0.4, 0.5) is 36.8 Å². The fraction of sp³-hybridized carbons (Fsp3) is 0.375. The van der Waals surface area contributed by atoms with Crippen molar-refractivity contribution < 1.29 is 35.9 Å². The number of nitrogens with zero attached hydrogens (tertiary/aromatic N) is 1. The molecule has 2 aromatic carbocycles. The number of carbonyl (C=O) groups excluding carboxylic acids is 2. The average Bonchev–Trinajstić information content (AvgIpc) is 2.99. The van der Waals surface area contributed by atoms with Gasteiger partial charge in [0.25, 0.3) is 0 Å². The van der Waals surface area contributed by atoms with Crippen molar-refractivity contribution in [3.05, 3.63) is 89.5 Å². The number of hydrogen-bond acceptors (Lipinski definition) is 3. The van der Waals surface area contributed by atoms with Gasteiger partial charge >= 0.3 is 18.4 Å². The number of anilines is 1. The maximum atomic E-state index is 13.2. The van der Waals surface area contributed by atoms with Crippen molar-refractivity contribution in [2.45, 2.75) is 63.6 Å². The highest BCUT2D eigenvalue weighted by Crippen LogP contribution is 2.36. The Morgan fingerprint density at radius 2 is 1.50 bits per heavy atom. The fourth-order valence-electron chi connectivity index (χ4n) is 4.58. The molecule has 3 amide bonds. The van der Waals surface area contributed by atoms with Crippen molar-refractivity contribution in [2.75, 3.05) is 18.4 Å². The van der Waals surface area contributed by atoms with Gasteiger partial charge in [-0.3, -0.25) is 9.69 Å². The van der Waals surface area contributed by atoms with Crippen LogP contribution in [0, 0.1) is 12.8 Å². The lowest BCUT2D eigenvalue weighted by Crippen LogP contribution is -2.53. The molecule has 1 unspecified atom stereocenters. The highest BCUT2D eigenvalue weighted by atomic mass is 19.4. The number of hydrogen-bond donors (Lipinski definition) is 3. The third-order valence-corrected chi connectivity index (χ3v) is 6.73. The number of allylic oxidation sites excluding steroid dienone is 3. The lowest BCUT2D eigenvalue weighted by molar-refractivity contribution is -0.143. The Morgan fingerprint density at radius 3 is 2.05 bits per heavy atom. The van der Waals surface area contributed by atoms with E-state index in [4.69, 9.17) is 0 Å². The number of halogens is 6. The minimum atomic E-state index is -4.98. The van der Waals surface area contributed by atoms with Gasteiger partial charge in [-0.15, -0.1) is 12.8 Å². The summed E-state index contributed by atoms with van der Waals surface area (Å²) in [6, 6.07) is 9.04. The van der Waals surface area contributed by atoms with E-state index in [1.165, 1.54) is 0 Å². The molecule has 1 heterocycles. The number of amides is 3. The van der Waals surface area contributed by atoms with E-state index in [0.29, 0.717) is 43.8 Å². The first kappa shape index (κ1) is 36.0. The zero-order valence-corrected chi connectivity index (χ0v) is 24.2. The molecule has 0 saturated carbocycles.